The molecular formula is C18H23N5O5S2. The van der Waals surface area contributed by atoms with Crippen LogP contribution in [0.2, 0.25) is 0 Å². The zero-order valence-electron chi connectivity index (χ0n) is 16.4. The van der Waals surface area contributed by atoms with E-state index in [1.165, 1.54) is 32.5 Å². The number of piperazine rings is 1. The third-order valence-electron chi connectivity index (χ3n) is 4.87. The summed E-state index contributed by atoms with van der Waals surface area (Å²) in [6, 6.07) is 2.96. The first-order valence-electron chi connectivity index (χ1n) is 9.24. The van der Waals surface area contributed by atoms with Gasteiger partial charge in [0.15, 0.2) is 0 Å². The topological polar surface area (TPSA) is 135 Å². The first-order valence-corrected chi connectivity index (χ1v) is 11.6. The molecule has 3 N–H and O–H groups in total. The standard InChI is InChI=1S/C18H23N5O5S2/c1-21-11-14(10-15(21)17(19)25)30(27,28)23-7-5-22(6-8-23)16(24)2-4-20-18(26)13-3-9-29-12-13/h3,9-12H,2,4-8H2,1H3,(H2,19,25)(H,20,26). The van der Waals surface area contributed by atoms with Crippen LogP contribution in [0.4, 0.5) is 0 Å². The second-order valence-electron chi connectivity index (χ2n) is 6.84. The monoisotopic (exact) mass is 453 g/mol. The van der Waals surface area contributed by atoms with Crippen molar-refractivity contribution >= 4 is 39.1 Å². The van der Waals surface area contributed by atoms with E-state index in [9.17, 15) is 22.8 Å². The van der Waals surface area contributed by atoms with Crippen molar-refractivity contribution in [3.63, 3.8) is 0 Å². The van der Waals surface area contributed by atoms with Gasteiger partial charge in [-0.15, -0.1) is 0 Å². The molecule has 0 atom stereocenters. The fraction of sp³-hybridized carbons (Fsp3) is 0.389. The van der Waals surface area contributed by atoms with E-state index in [4.69, 9.17) is 5.73 Å². The highest BCUT2D eigenvalue weighted by Crippen LogP contribution is 2.20. The van der Waals surface area contributed by atoms with Crippen molar-refractivity contribution in [2.24, 2.45) is 12.8 Å². The van der Waals surface area contributed by atoms with E-state index in [0.29, 0.717) is 5.56 Å². The van der Waals surface area contributed by atoms with Gasteiger partial charge in [0.05, 0.1) is 0 Å². The predicted molar refractivity (Wildman–Crippen MR) is 111 cm³/mol. The Bertz CT molecular complexity index is 1040. The minimum absolute atomic E-state index is 0.00489. The van der Waals surface area contributed by atoms with Crippen molar-refractivity contribution in [1.29, 1.82) is 0 Å². The molecule has 2 aromatic heterocycles. The summed E-state index contributed by atoms with van der Waals surface area (Å²) in [4.78, 5) is 37.2. The highest BCUT2D eigenvalue weighted by atomic mass is 32.2. The third kappa shape index (κ3) is 4.71. The summed E-state index contributed by atoms with van der Waals surface area (Å²) in [7, 11) is -2.24. The van der Waals surface area contributed by atoms with Gasteiger partial charge in [0, 0.05) is 63.3 Å². The van der Waals surface area contributed by atoms with Gasteiger partial charge >= 0.3 is 0 Å². The first-order chi connectivity index (χ1) is 14.2. The summed E-state index contributed by atoms with van der Waals surface area (Å²) < 4.78 is 28.3. The number of hydrogen-bond acceptors (Lipinski definition) is 6. The Morgan fingerprint density at radius 3 is 2.47 bits per heavy atom. The summed E-state index contributed by atoms with van der Waals surface area (Å²) in [5, 5.41) is 6.24. The van der Waals surface area contributed by atoms with Crippen molar-refractivity contribution in [2.45, 2.75) is 11.3 Å². The minimum Gasteiger partial charge on any atom is -0.364 e. The number of nitrogens with two attached hydrogens (primary N) is 1. The van der Waals surface area contributed by atoms with E-state index in [1.54, 1.807) is 28.8 Å². The average molecular weight is 454 g/mol. The number of aryl methyl sites for hydroxylation is 1. The normalized spacial score (nSPS) is 15.2. The van der Waals surface area contributed by atoms with Crippen molar-refractivity contribution < 1.29 is 22.8 Å². The van der Waals surface area contributed by atoms with Crippen molar-refractivity contribution in [2.75, 3.05) is 32.7 Å². The average Bonchev–Trinajstić information content (AvgIpc) is 3.38. The zero-order chi connectivity index (χ0) is 21.9. The number of nitrogens with one attached hydrogen (secondary N) is 1. The van der Waals surface area contributed by atoms with Gasteiger partial charge < -0.3 is 20.5 Å². The number of primary amides is 1. The van der Waals surface area contributed by atoms with Crippen LogP contribution >= 0.6 is 11.3 Å². The van der Waals surface area contributed by atoms with E-state index < -0.39 is 15.9 Å². The molecule has 1 aliphatic rings. The Balaban J connectivity index is 1.51. The molecule has 1 aliphatic heterocycles. The Morgan fingerprint density at radius 1 is 1.20 bits per heavy atom. The number of carbonyl (C=O) groups is 3. The molecule has 3 amide bonds. The van der Waals surface area contributed by atoms with Gasteiger partial charge in [-0.05, 0) is 17.5 Å². The fourth-order valence-corrected chi connectivity index (χ4v) is 5.31. The van der Waals surface area contributed by atoms with Crippen LogP contribution in [0.25, 0.3) is 0 Å². The summed E-state index contributed by atoms with van der Waals surface area (Å²) in [5.74, 6) is -1.08. The zero-order valence-corrected chi connectivity index (χ0v) is 18.0. The third-order valence-corrected chi connectivity index (χ3v) is 7.42. The van der Waals surface area contributed by atoms with Crippen LogP contribution in [-0.4, -0.2) is 72.6 Å². The molecule has 0 unspecified atom stereocenters. The molecule has 0 aromatic carbocycles. The summed E-state index contributed by atoms with van der Waals surface area (Å²) >= 11 is 1.42. The Hall–Kier alpha value is -2.70. The number of hydrogen-bond donors (Lipinski definition) is 2. The van der Waals surface area contributed by atoms with E-state index in [1.807, 2.05) is 0 Å². The van der Waals surface area contributed by atoms with Gasteiger partial charge in [-0.3, -0.25) is 14.4 Å². The summed E-state index contributed by atoms with van der Waals surface area (Å²) in [5.41, 5.74) is 5.91. The molecule has 3 heterocycles. The minimum atomic E-state index is -3.79. The largest absolute Gasteiger partial charge is 0.364 e. The molecule has 0 saturated carbocycles. The second-order valence-corrected chi connectivity index (χ2v) is 9.56. The van der Waals surface area contributed by atoms with Crippen LogP contribution in [0.15, 0.2) is 34.0 Å². The Morgan fingerprint density at radius 2 is 1.90 bits per heavy atom. The van der Waals surface area contributed by atoms with Gasteiger partial charge in [-0.1, -0.05) is 0 Å². The van der Waals surface area contributed by atoms with E-state index >= 15 is 0 Å². The first kappa shape index (κ1) is 22.0. The molecule has 30 heavy (non-hydrogen) atoms. The quantitative estimate of drug-likeness (QED) is 0.601. The molecular weight excluding hydrogens is 430 g/mol. The smallest absolute Gasteiger partial charge is 0.265 e. The van der Waals surface area contributed by atoms with Crippen LogP contribution in [0.1, 0.15) is 27.3 Å². The SMILES string of the molecule is Cn1cc(S(=O)(=O)N2CCN(C(=O)CCNC(=O)c3ccsc3)CC2)cc1C(N)=O. The number of nitrogens with zero attached hydrogens (tertiary/aromatic N) is 3. The lowest BCUT2D eigenvalue weighted by Crippen LogP contribution is -2.50. The van der Waals surface area contributed by atoms with Crippen LogP contribution in [0.3, 0.4) is 0 Å². The molecule has 0 spiro atoms. The molecule has 3 rings (SSSR count). The number of aromatic nitrogens is 1. The lowest BCUT2D eigenvalue weighted by atomic mass is 10.3. The molecule has 10 nitrogen and oxygen atoms in total. The molecule has 0 bridgehead atoms. The van der Waals surface area contributed by atoms with Crippen LogP contribution in [0.5, 0.6) is 0 Å². The van der Waals surface area contributed by atoms with Gasteiger partial charge in [0.1, 0.15) is 10.6 Å². The van der Waals surface area contributed by atoms with E-state index in [-0.39, 0.29) is 61.5 Å². The predicted octanol–water partition coefficient (Wildman–Crippen LogP) is -0.161. The molecule has 1 saturated heterocycles. The van der Waals surface area contributed by atoms with Crippen LogP contribution in [0, 0.1) is 0 Å². The number of sulfonamides is 1. The van der Waals surface area contributed by atoms with Crippen molar-refractivity contribution in [1.82, 2.24) is 19.1 Å². The second kappa shape index (κ2) is 8.98. The van der Waals surface area contributed by atoms with Crippen molar-refractivity contribution in [3.8, 4) is 0 Å². The van der Waals surface area contributed by atoms with Gasteiger partial charge in [-0.25, -0.2) is 8.42 Å². The van der Waals surface area contributed by atoms with Crippen molar-refractivity contribution in [3.05, 3.63) is 40.3 Å². The molecule has 1 fully saturated rings. The number of rotatable bonds is 7. The maximum absolute atomic E-state index is 12.8. The Labute approximate surface area is 178 Å². The highest BCUT2D eigenvalue weighted by molar-refractivity contribution is 7.89. The number of amides is 3. The Kier molecular flexibility index (Phi) is 6.58. The van der Waals surface area contributed by atoms with E-state index in [2.05, 4.69) is 5.32 Å². The summed E-state index contributed by atoms with van der Waals surface area (Å²) in [6.07, 6.45) is 1.49. The lowest BCUT2D eigenvalue weighted by Gasteiger charge is -2.33. The number of thiophene rings is 1. The van der Waals surface area contributed by atoms with Gasteiger partial charge in [0.2, 0.25) is 15.9 Å². The molecule has 0 aliphatic carbocycles. The molecule has 162 valence electrons. The lowest BCUT2D eigenvalue weighted by molar-refractivity contribution is -0.132. The fourth-order valence-electron chi connectivity index (χ4n) is 3.18. The van der Waals surface area contributed by atoms with Crippen LogP contribution in [-0.2, 0) is 21.9 Å². The summed E-state index contributed by atoms with van der Waals surface area (Å²) in [6.45, 7) is 1.02. The molecule has 0 radical (unpaired) electrons. The van der Waals surface area contributed by atoms with Crippen LogP contribution < -0.4 is 11.1 Å². The molecule has 2 aromatic rings. The molecule has 12 heteroatoms. The highest BCUT2D eigenvalue weighted by Gasteiger charge is 2.31. The maximum atomic E-state index is 12.8. The maximum Gasteiger partial charge on any atom is 0.265 e. The van der Waals surface area contributed by atoms with Gasteiger partial charge in [-0.2, -0.15) is 15.6 Å². The number of carbonyl (C=O) groups excluding carboxylic acids is 3. The van der Waals surface area contributed by atoms with Gasteiger partial charge in [0.25, 0.3) is 11.8 Å². The van der Waals surface area contributed by atoms with E-state index in [0.717, 1.165) is 0 Å².